The maximum absolute atomic E-state index is 14.0. The van der Waals surface area contributed by atoms with Crippen LogP contribution in [0.25, 0.3) is 0 Å². The number of ether oxygens (including phenoxy) is 2. The summed E-state index contributed by atoms with van der Waals surface area (Å²) < 4.78 is 11.7. The van der Waals surface area contributed by atoms with Crippen molar-refractivity contribution in [3.63, 3.8) is 0 Å². The number of aryl methyl sites for hydroxylation is 1. The van der Waals surface area contributed by atoms with Crippen LogP contribution in [0.4, 0.5) is 5.69 Å². The fraction of sp³-hybridized carbons (Fsp3) is 0.462. The van der Waals surface area contributed by atoms with Crippen molar-refractivity contribution in [1.29, 1.82) is 0 Å². The molecule has 0 N–H and O–H groups in total. The Hall–Kier alpha value is -2.70. The highest BCUT2D eigenvalue weighted by Crippen LogP contribution is 2.40. The highest BCUT2D eigenvalue weighted by Gasteiger charge is 2.51. The molecule has 3 aliphatic heterocycles. The van der Waals surface area contributed by atoms with E-state index in [1.807, 2.05) is 46.2 Å². The Morgan fingerprint density at radius 1 is 0.969 bits per heavy atom. The Morgan fingerprint density at radius 3 is 2.50 bits per heavy atom. The Balaban J connectivity index is 1.39. The minimum atomic E-state index is -0.556. The summed E-state index contributed by atoms with van der Waals surface area (Å²) in [6.45, 7) is 4.92. The van der Waals surface area contributed by atoms with Gasteiger partial charge in [-0.1, -0.05) is 48.0 Å². The molecule has 1 spiro atoms. The molecule has 1 atom stereocenters. The highest BCUT2D eigenvalue weighted by atomic mass is 16.5. The van der Waals surface area contributed by atoms with E-state index in [4.69, 9.17) is 9.47 Å². The molecule has 0 saturated carbocycles. The molecule has 3 fully saturated rings. The van der Waals surface area contributed by atoms with Crippen LogP contribution in [0, 0.1) is 6.92 Å². The maximum atomic E-state index is 14.0. The fourth-order valence-corrected chi connectivity index (χ4v) is 5.41. The third-order valence-electron chi connectivity index (χ3n) is 7.25. The molecule has 5 rings (SSSR count). The predicted octanol–water partition coefficient (Wildman–Crippen LogP) is 3.08. The van der Waals surface area contributed by atoms with Crippen LogP contribution in [0.1, 0.15) is 30.4 Å². The van der Waals surface area contributed by atoms with Crippen LogP contribution in [-0.2, 0) is 24.5 Å². The van der Waals surface area contributed by atoms with Crippen molar-refractivity contribution in [2.75, 3.05) is 44.4 Å². The summed E-state index contributed by atoms with van der Waals surface area (Å²) in [5, 5.41) is 0. The van der Waals surface area contributed by atoms with Crippen molar-refractivity contribution < 1.29 is 19.1 Å². The smallest absolute Gasteiger partial charge is 0.253 e. The van der Waals surface area contributed by atoms with Crippen molar-refractivity contribution in [2.45, 2.75) is 37.2 Å². The number of morpholine rings is 1. The largest absolute Gasteiger partial charge is 0.381 e. The van der Waals surface area contributed by atoms with Gasteiger partial charge in [-0.05, 0) is 43.9 Å². The van der Waals surface area contributed by atoms with Crippen LogP contribution in [0.3, 0.4) is 0 Å². The molecule has 168 valence electrons. The third-order valence-corrected chi connectivity index (χ3v) is 7.25. The van der Waals surface area contributed by atoms with Gasteiger partial charge in [0.25, 0.3) is 5.91 Å². The number of benzene rings is 2. The van der Waals surface area contributed by atoms with Crippen molar-refractivity contribution in [1.82, 2.24) is 4.90 Å². The Morgan fingerprint density at radius 2 is 1.75 bits per heavy atom. The molecule has 0 radical (unpaired) electrons. The second-order valence-corrected chi connectivity index (χ2v) is 9.33. The van der Waals surface area contributed by atoms with Crippen LogP contribution in [0.5, 0.6) is 0 Å². The van der Waals surface area contributed by atoms with Gasteiger partial charge in [0.1, 0.15) is 12.2 Å². The molecule has 1 unspecified atom stereocenters. The van der Waals surface area contributed by atoms with E-state index in [1.165, 1.54) is 0 Å². The van der Waals surface area contributed by atoms with Gasteiger partial charge in [-0.15, -0.1) is 0 Å². The normalized spacial score (nSPS) is 25.3. The van der Waals surface area contributed by atoms with Gasteiger partial charge in [0, 0.05) is 25.4 Å². The summed E-state index contributed by atoms with van der Waals surface area (Å²) in [6, 6.07) is 18.0. The molecule has 3 heterocycles. The molecule has 2 aromatic carbocycles. The molecular formula is C26H30N2O4. The van der Waals surface area contributed by atoms with Crippen molar-refractivity contribution in [3.05, 3.63) is 65.7 Å². The number of rotatable bonds is 3. The summed E-state index contributed by atoms with van der Waals surface area (Å²) >= 11 is 0. The van der Waals surface area contributed by atoms with E-state index in [0.29, 0.717) is 45.7 Å². The molecule has 0 aromatic heterocycles. The zero-order valence-corrected chi connectivity index (χ0v) is 18.6. The number of amides is 2. The first-order valence-electron chi connectivity index (χ1n) is 11.5. The second kappa shape index (κ2) is 8.34. The van der Waals surface area contributed by atoms with E-state index in [9.17, 15) is 9.59 Å². The molecule has 6 heteroatoms. The van der Waals surface area contributed by atoms with Crippen LogP contribution in [0.15, 0.2) is 54.6 Å². The first-order valence-corrected chi connectivity index (χ1v) is 11.5. The van der Waals surface area contributed by atoms with E-state index < -0.39 is 11.0 Å². The lowest BCUT2D eigenvalue weighted by Crippen LogP contribution is -2.57. The number of carbonyl (C=O) groups excluding carboxylic acids is 2. The molecule has 3 saturated heterocycles. The molecule has 32 heavy (non-hydrogen) atoms. The number of nitrogens with zero attached hydrogens (tertiary/aromatic N) is 2. The SMILES string of the molecule is Cc1cccc(C2(C(=O)N3CCC4(C3)CN(c3ccccc3)C(=O)CO4)CCOCC2)c1. The average molecular weight is 435 g/mol. The van der Waals surface area contributed by atoms with Gasteiger partial charge in [0.15, 0.2) is 0 Å². The van der Waals surface area contributed by atoms with Crippen LogP contribution >= 0.6 is 0 Å². The zero-order valence-electron chi connectivity index (χ0n) is 18.6. The third kappa shape index (κ3) is 3.71. The number of hydrogen-bond donors (Lipinski definition) is 0. The molecule has 0 aliphatic carbocycles. The minimum Gasteiger partial charge on any atom is -0.381 e. The summed E-state index contributed by atoms with van der Waals surface area (Å²) in [5.74, 6) is 0.127. The van der Waals surface area contributed by atoms with E-state index in [1.54, 1.807) is 0 Å². The van der Waals surface area contributed by atoms with Crippen molar-refractivity contribution in [3.8, 4) is 0 Å². The summed E-state index contributed by atoms with van der Waals surface area (Å²) in [5.41, 5.74) is 2.05. The molecule has 3 aliphatic rings. The Labute approximate surface area is 189 Å². The van der Waals surface area contributed by atoms with Crippen molar-refractivity contribution in [2.24, 2.45) is 0 Å². The van der Waals surface area contributed by atoms with E-state index in [2.05, 4.69) is 25.1 Å². The first kappa shape index (κ1) is 21.2. The first-order chi connectivity index (χ1) is 15.5. The lowest BCUT2D eigenvalue weighted by Gasteiger charge is -2.42. The van der Waals surface area contributed by atoms with Gasteiger partial charge in [-0.2, -0.15) is 0 Å². The van der Waals surface area contributed by atoms with Crippen LogP contribution in [0.2, 0.25) is 0 Å². The number of para-hydroxylation sites is 1. The predicted molar refractivity (Wildman–Crippen MR) is 122 cm³/mol. The molecular weight excluding hydrogens is 404 g/mol. The van der Waals surface area contributed by atoms with Gasteiger partial charge in [0.2, 0.25) is 5.91 Å². The quantitative estimate of drug-likeness (QED) is 0.745. The van der Waals surface area contributed by atoms with Gasteiger partial charge in [-0.3, -0.25) is 9.59 Å². The topological polar surface area (TPSA) is 59.1 Å². The molecule has 6 nitrogen and oxygen atoms in total. The summed E-state index contributed by atoms with van der Waals surface area (Å²) in [4.78, 5) is 30.4. The minimum absolute atomic E-state index is 0.0349. The highest BCUT2D eigenvalue weighted by molar-refractivity contribution is 5.95. The number of hydrogen-bond acceptors (Lipinski definition) is 4. The zero-order chi connectivity index (χ0) is 22.2. The van der Waals surface area contributed by atoms with Gasteiger partial charge in [0.05, 0.1) is 18.5 Å². The maximum Gasteiger partial charge on any atom is 0.253 e. The monoisotopic (exact) mass is 434 g/mol. The van der Waals surface area contributed by atoms with Gasteiger partial charge in [-0.25, -0.2) is 0 Å². The van der Waals surface area contributed by atoms with Crippen LogP contribution in [-0.4, -0.2) is 61.8 Å². The Bertz CT molecular complexity index is 1000. The van der Waals surface area contributed by atoms with Gasteiger partial charge < -0.3 is 19.3 Å². The lowest BCUT2D eigenvalue weighted by molar-refractivity contribution is -0.144. The summed E-state index contributed by atoms with van der Waals surface area (Å²) in [7, 11) is 0. The number of likely N-dealkylation sites (tertiary alicyclic amines) is 1. The van der Waals surface area contributed by atoms with E-state index in [-0.39, 0.29) is 18.4 Å². The second-order valence-electron chi connectivity index (χ2n) is 9.33. The number of anilines is 1. The Kier molecular flexibility index (Phi) is 5.51. The molecule has 0 bridgehead atoms. The fourth-order valence-electron chi connectivity index (χ4n) is 5.41. The number of carbonyl (C=O) groups is 2. The lowest BCUT2D eigenvalue weighted by atomic mass is 9.72. The van der Waals surface area contributed by atoms with E-state index in [0.717, 1.165) is 23.2 Å². The molecule has 2 amide bonds. The average Bonchev–Trinajstić information content (AvgIpc) is 3.25. The van der Waals surface area contributed by atoms with Gasteiger partial charge >= 0.3 is 0 Å². The van der Waals surface area contributed by atoms with Crippen LogP contribution < -0.4 is 4.90 Å². The van der Waals surface area contributed by atoms with E-state index >= 15 is 0 Å². The standard InChI is InChI=1S/C26H30N2O4/c1-20-6-5-7-21(16-20)26(11-14-31-15-12-26)24(30)27-13-10-25(18-27)19-28(23(29)17-32-25)22-8-3-2-4-9-22/h2-9,16H,10-15,17-19H2,1H3. The summed E-state index contributed by atoms with van der Waals surface area (Å²) in [6.07, 6.45) is 2.11. The van der Waals surface area contributed by atoms with Crippen molar-refractivity contribution >= 4 is 17.5 Å². The molecule has 2 aromatic rings.